The van der Waals surface area contributed by atoms with Crippen LogP contribution in [-0.2, 0) is 14.2 Å². The molecule has 1 aromatic rings. The number of nitrogens with zero attached hydrogens (tertiary/aromatic N) is 1. The van der Waals surface area contributed by atoms with Crippen LogP contribution in [0.3, 0.4) is 0 Å². The van der Waals surface area contributed by atoms with Gasteiger partial charge in [-0.1, -0.05) is 0 Å². The Hall–Kier alpha value is -1.48. The lowest BCUT2D eigenvalue weighted by molar-refractivity contribution is -0.174. The van der Waals surface area contributed by atoms with E-state index in [2.05, 4.69) is 4.98 Å². The maximum absolute atomic E-state index is 11.7. The summed E-state index contributed by atoms with van der Waals surface area (Å²) in [6, 6.07) is 1.19. The highest BCUT2D eigenvalue weighted by Crippen LogP contribution is 2.30. The summed E-state index contributed by atoms with van der Waals surface area (Å²) in [6.07, 6.45) is -2.23. The summed E-state index contributed by atoms with van der Waals surface area (Å²) in [6.45, 7) is 2.11. The maximum Gasteiger partial charge on any atom is 0.330 e. The monoisotopic (exact) mass is 272 g/mol. The number of H-pyrrole nitrogens is 1. The minimum atomic E-state index is -1.02. The summed E-state index contributed by atoms with van der Waals surface area (Å²) in [4.78, 5) is 24.8. The molecule has 1 aliphatic heterocycles. The minimum absolute atomic E-state index is 0.353. The predicted octanol–water partition coefficient (Wildman–Crippen LogP) is -1.20. The van der Waals surface area contributed by atoms with Crippen LogP contribution in [0.1, 0.15) is 13.2 Å². The van der Waals surface area contributed by atoms with E-state index < -0.39 is 36.0 Å². The van der Waals surface area contributed by atoms with Gasteiger partial charge in [-0.2, -0.15) is 0 Å². The number of aliphatic hydroxyl groups excluding tert-OH is 1. The van der Waals surface area contributed by atoms with Crippen molar-refractivity contribution in [3.05, 3.63) is 33.1 Å². The van der Waals surface area contributed by atoms with Crippen LogP contribution in [0.15, 0.2) is 21.9 Å². The molecule has 1 aromatic heterocycles. The van der Waals surface area contributed by atoms with E-state index >= 15 is 0 Å². The van der Waals surface area contributed by atoms with Gasteiger partial charge in [0.15, 0.2) is 12.5 Å². The quantitative estimate of drug-likeness (QED) is 0.714. The van der Waals surface area contributed by atoms with Crippen LogP contribution < -0.4 is 11.2 Å². The van der Waals surface area contributed by atoms with E-state index in [1.165, 1.54) is 19.4 Å². The van der Waals surface area contributed by atoms with Gasteiger partial charge in [0.2, 0.25) is 0 Å². The summed E-state index contributed by atoms with van der Waals surface area (Å²) in [5.41, 5.74) is -1.14. The molecular weight excluding hydrogens is 256 g/mol. The Bertz CT molecular complexity index is 538. The van der Waals surface area contributed by atoms with Crippen molar-refractivity contribution in [3.8, 4) is 0 Å². The van der Waals surface area contributed by atoms with Crippen molar-refractivity contribution >= 4 is 0 Å². The van der Waals surface area contributed by atoms with E-state index in [0.29, 0.717) is 6.61 Å². The molecule has 4 atom stereocenters. The zero-order valence-corrected chi connectivity index (χ0v) is 10.6. The number of aromatic amines is 1. The first-order chi connectivity index (χ1) is 9.08. The number of aromatic nitrogens is 2. The van der Waals surface area contributed by atoms with Gasteiger partial charge in [0.25, 0.3) is 5.56 Å². The molecule has 1 saturated heterocycles. The predicted molar refractivity (Wildman–Crippen MR) is 63.7 cm³/mol. The van der Waals surface area contributed by atoms with E-state index in [1.807, 2.05) is 0 Å². The average Bonchev–Trinajstić information content (AvgIpc) is 2.67. The fourth-order valence-electron chi connectivity index (χ4n) is 2.03. The number of ether oxygens (including phenoxy) is 3. The first-order valence-corrected chi connectivity index (χ1v) is 5.88. The van der Waals surface area contributed by atoms with Gasteiger partial charge in [0.1, 0.15) is 12.2 Å². The Kier molecular flexibility index (Phi) is 4.15. The van der Waals surface area contributed by atoms with Crippen LogP contribution in [0.2, 0.25) is 0 Å². The molecule has 0 bridgehead atoms. The molecule has 8 heteroatoms. The smallest absolute Gasteiger partial charge is 0.330 e. The Morgan fingerprint density at radius 3 is 2.84 bits per heavy atom. The van der Waals surface area contributed by atoms with E-state index in [0.717, 1.165) is 4.57 Å². The van der Waals surface area contributed by atoms with Crippen molar-refractivity contribution in [2.45, 2.75) is 31.6 Å². The maximum atomic E-state index is 11.7. The molecule has 0 saturated carbocycles. The van der Waals surface area contributed by atoms with E-state index in [-0.39, 0.29) is 0 Å². The lowest BCUT2D eigenvalue weighted by Gasteiger charge is -2.19. The number of methoxy groups -OCH3 is 1. The number of hydrogen-bond acceptors (Lipinski definition) is 6. The number of rotatable bonds is 4. The second kappa shape index (κ2) is 5.66. The molecule has 1 fully saturated rings. The number of hydrogen-bond donors (Lipinski definition) is 2. The molecule has 106 valence electrons. The molecule has 0 aromatic carbocycles. The number of nitrogens with one attached hydrogen (secondary N) is 1. The summed E-state index contributed by atoms with van der Waals surface area (Å²) >= 11 is 0. The van der Waals surface area contributed by atoms with Gasteiger partial charge in [-0.3, -0.25) is 14.3 Å². The van der Waals surface area contributed by atoms with Crippen LogP contribution in [0.5, 0.6) is 0 Å². The standard InChI is InChI=1S/C11H16N2O6/c1-3-18-10-7(15)8(17-2)9(19-10)13-5-4-6(14)12-11(13)16/h4-5,7-10,15H,3H2,1-2H3,(H,12,14,16)/t7?,8-,9+,10-/m0/s1. The third-order valence-electron chi connectivity index (χ3n) is 2.90. The number of aliphatic hydroxyl groups is 1. The minimum Gasteiger partial charge on any atom is -0.385 e. The molecule has 8 nitrogen and oxygen atoms in total. The van der Waals surface area contributed by atoms with Gasteiger partial charge in [0, 0.05) is 26.0 Å². The Morgan fingerprint density at radius 1 is 1.53 bits per heavy atom. The Balaban J connectivity index is 2.32. The van der Waals surface area contributed by atoms with Gasteiger partial charge in [-0.05, 0) is 6.92 Å². The zero-order valence-electron chi connectivity index (χ0n) is 10.6. The zero-order chi connectivity index (χ0) is 14.0. The van der Waals surface area contributed by atoms with Crippen LogP contribution >= 0.6 is 0 Å². The van der Waals surface area contributed by atoms with Gasteiger partial charge in [-0.15, -0.1) is 0 Å². The Morgan fingerprint density at radius 2 is 2.26 bits per heavy atom. The largest absolute Gasteiger partial charge is 0.385 e. The summed E-state index contributed by atoms with van der Waals surface area (Å²) in [5, 5.41) is 9.99. The highest BCUT2D eigenvalue weighted by Gasteiger charge is 2.46. The fourth-order valence-corrected chi connectivity index (χ4v) is 2.03. The SMILES string of the molecule is CCO[C@H]1O[C@@H](n2ccc(=O)[nH]c2=O)[C@@H](OC)C1O. The highest BCUT2D eigenvalue weighted by molar-refractivity contribution is 4.91. The summed E-state index contributed by atoms with van der Waals surface area (Å²) < 4.78 is 17.0. The van der Waals surface area contributed by atoms with Crippen molar-refractivity contribution in [1.82, 2.24) is 9.55 Å². The van der Waals surface area contributed by atoms with E-state index in [9.17, 15) is 14.7 Å². The third kappa shape index (κ3) is 2.61. The van der Waals surface area contributed by atoms with Crippen molar-refractivity contribution in [3.63, 3.8) is 0 Å². The molecule has 1 aliphatic rings. The second-order valence-electron chi connectivity index (χ2n) is 4.06. The first kappa shape index (κ1) is 13.9. The highest BCUT2D eigenvalue weighted by atomic mass is 16.7. The third-order valence-corrected chi connectivity index (χ3v) is 2.90. The second-order valence-corrected chi connectivity index (χ2v) is 4.06. The fraction of sp³-hybridized carbons (Fsp3) is 0.636. The first-order valence-electron chi connectivity index (χ1n) is 5.88. The van der Waals surface area contributed by atoms with Crippen LogP contribution in [-0.4, -0.2) is 46.9 Å². The average molecular weight is 272 g/mol. The Labute approximate surface area is 108 Å². The molecule has 2 N–H and O–H groups in total. The molecule has 19 heavy (non-hydrogen) atoms. The van der Waals surface area contributed by atoms with E-state index in [1.54, 1.807) is 6.92 Å². The van der Waals surface area contributed by atoms with Crippen molar-refractivity contribution in [2.75, 3.05) is 13.7 Å². The molecule has 0 aliphatic carbocycles. The molecule has 0 amide bonds. The van der Waals surface area contributed by atoms with Crippen molar-refractivity contribution in [1.29, 1.82) is 0 Å². The van der Waals surface area contributed by atoms with E-state index in [4.69, 9.17) is 14.2 Å². The lowest BCUT2D eigenvalue weighted by Crippen LogP contribution is -2.38. The molecule has 2 heterocycles. The van der Waals surface area contributed by atoms with Gasteiger partial charge in [-0.25, -0.2) is 4.79 Å². The van der Waals surface area contributed by atoms with Crippen molar-refractivity contribution < 1.29 is 19.3 Å². The molecule has 2 rings (SSSR count). The summed E-state index contributed by atoms with van der Waals surface area (Å²) in [7, 11) is 1.40. The summed E-state index contributed by atoms with van der Waals surface area (Å²) in [5.74, 6) is 0. The lowest BCUT2D eigenvalue weighted by atomic mass is 10.2. The van der Waals surface area contributed by atoms with Gasteiger partial charge >= 0.3 is 5.69 Å². The molecule has 0 spiro atoms. The topological polar surface area (TPSA) is 103 Å². The normalized spacial score (nSPS) is 30.7. The molecule has 1 unspecified atom stereocenters. The molecular formula is C11H16N2O6. The molecule has 0 radical (unpaired) electrons. The van der Waals surface area contributed by atoms with Crippen LogP contribution in [0, 0.1) is 0 Å². The van der Waals surface area contributed by atoms with Crippen LogP contribution in [0.25, 0.3) is 0 Å². The van der Waals surface area contributed by atoms with Gasteiger partial charge < -0.3 is 19.3 Å². The van der Waals surface area contributed by atoms with Crippen molar-refractivity contribution in [2.24, 2.45) is 0 Å². The van der Waals surface area contributed by atoms with Crippen LogP contribution in [0.4, 0.5) is 0 Å². The van der Waals surface area contributed by atoms with Gasteiger partial charge in [0.05, 0.1) is 0 Å².